The fraction of sp³-hybridized carbons (Fsp3) is 0.650. The van der Waals surface area contributed by atoms with Gasteiger partial charge >= 0.3 is 0 Å². The number of piperidine rings is 1. The number of nitrogens with one attached hydrogen (secondary N) is 1. The number of amides is 1. The van der Waals surface area contributed by atoms with Gasteiger partial charge in [-0.15, -0.1) is 0 Å². The smallest absolute Gasteiger partial charge is 0.246 e. The van der Waals surface area contributed by atoms with E-state index >= 15 is 0 Å². The maximum absolute atomic E-state index is 13.2. The summed E-state index contributed by atoms with van der Waals surface area (Å²) in [5.74, 6) is -0.494. The lowest BCUT2D eigenvalue weighted by Crippen LogP contribution is -2.45. The topological polar surface area (TPSA) is 102 Å². The Bertz CT molecular complexity index is 1010. The molecule has 10 heteroatoms. The molecule has 3 rings (SSSR count). The first-order valence-corrected chi connectivity index (χ1v) is 12.0. The van der Waals surface area contributed by atoms with Crippen molar-refractivity contribution in [1.29, 1.82) is 0 Å². The van der Waals surface area contributed by atoms with Crippen LogP contribution >= 0.6 is 0 Å². The molecule has 2 aromatic heterocycles. The van der Waals surface area contributed by atoms with Gasteiger partial charge in [-0.05, 0) is 47.5 Å². The van der Waals surface area contributed by atoms with Gasteiger partial charge in [-0.2, -0.15) is 14.5 Å². The zero-order valence-electron chi connectivity index (χ0n) is 18.4. The molecule has 1 fully saturated rings. The third-order valence-electron chi connectivity index (χ3n) is 5.73. The quantitative estimate of drug-likeness (QED) is 0.715. The number of hydrogen-bond acceptors (Lipinski definition) is 5. The van der Waals surface area contributed by atoms with E-state index in [-0.39, 0.29) is 29.3 Å². The second-order valence-corrected chi connectivity index (χ2v) is 9.80. The first-order chi connectivity index (χ1) is 14.2. The summed E-state index contributed by atoms with van der Waals surface area (Å²) in [4.78, 5) is 13.1. The summed E-state index contributed by atoms with van der Waals surface area (Å²) in [6, 6.07) is -0.185. The summed E-state index contributed by atoms with van der Waals surface area (Å²) in [5, 5.41) is 11.7. The molecule has 2 atom stereocenters. The largest absolute Gasteiger partial charge is 0.349 e. The Kier molecular flexibility index (Phi) is 6.66. The summed E-state index contributed by atoms with van der Waals surface area (Å²) >= 11 is 0. The van der Waals surface area contributed by atoms with Gasteiger partial charge in [-0.3, -0.25) is 14.2 Å². The number of hydrogen-bond donors (Lipinski definition) is 1. The van der Waals surface area contributed by atoms with Crippen LogP contribution in [0.5, 0.6) is 0 Å². The molecule has 1 N–H and O–H groups in total. The van der Waals surface area contributed by atoms with Crippen LogP contribution in [0, 0.1) is 19.8 Å². The van der Waals surface area contributed by atoms with Crippen LogP contribution in [0.25, 0.3) is 0 Å². The van der Waals surface area contributed by atoms with Crippen molar-refractivity contribution in [2.24, 2.45) is 5.92 Å². The molecule has 2 aromatic rings. The van der Waals surface area contributed by atoms with Crippen molar-refractivity contribution in [2.75, 3.05) is 13.1 Å². The number of rotatable bonds is 7. The van der Waals surface area contributed by atoms with E-state index in [2.05, 4.69) is 15.5 Å². The summed E-state index contributed by atoms with van der Waals surface area (Å²) < 4.78 is 31.2. The van der Waals surface area contributed by atoms with Crippen LogP contribution in [0.2, 0.25) is 0 Å². The number of aromatic nitrogens is 4. The van der Waals surface area contributed by atoms with Crippen molar-refractivity contribution in [2.45, 2.75) is 71.5 Å². The van der Waals surface area contributed by atoms with Gasteiger partial charge in [0.05, 0.1) is 23.3 Å². The highest BCUT2D eigenvalue weighted by molar-refractivity contribution is 7.89. The van der Waals surface area contributed by atoms with Crippen LogP contribution in [0.1, 0.15) is 56.6 Å². The molecule has 9 nitrogen and oxygen atoms in total. The predicted molar refractivity (Wildman–Crippen MR) is 113 cm³/mol. The molecule has 1 amide bonds. The van der Waals surface area contributed by atoms with Crippen molar-refractivity contribution in [3.8, 4) is 0 Å². The van der Waals surface area contributed by atoms with Gasteiger partial charge in [0.25, 0.3) is 0 Å². The van der Waals surface area contributed by atoms with Crippen LogP contribution in [0.3, 0.4) is 0 Å². The molecule has 3 heterocycles. The molecule has 0 bridgehead atoms. The maximum atomic E-state index is 13.2. The van der Waals surface area contributed by atoms with Crippen molar-refractivity contribution >= 4 is 15.9 Å². The SMILES string of the molecule is CCn1cc([C@@H](C)NC(=O)[C@@H]2CCCN(S(=O)(=O)c3cn(CC)nc3C)C2)c(C)n1. The minimum absolute atomic E-state index is 0.118. The van der Waals surface area contributed by atoms with E-state index in [0.717, 1.165) is 17.8 Å². The minimum Gasteiger partial charge on any atom is -0.349 e. The Balaban J connectivity index is 1.71. The minimum atomic E-state index is -3.68. The zero-order valence-corrected chi connectivity index (χ0v) is 19.2. The summed E-state index contributed by atoms with van der Waals surface area (Å²) in [7, 11) is -3.68. The van der Waals surface area contributed by atoms with Gasteiger partial charge in [0.15, 0.2) is 0 Å². The van der Waals surface area contributed by atoms with Gasteiger partial charge in [0, 0.05) is 44.1 Å². The van der Waals surface area contributed by atoms with Gasteiger partial charge in [0.2, 0.25) is 15.9 Å². The third kappa shape index (κ3) is 4.44. The number of nitrogens with zero attached hydrogens (tertiary/aromatic N) is 5. The lowest BCUT2D eigenvalue weighted by atomic mass is 9.98. The van der Waals surface area contributed by atoms with Gasteiger partial charge in [-0.25, -0.2) is 8.42 Å². The van der Waals surface area contributed by atoms with E-state index in [1.807, 2.05) is 38.6 Å². The molecule has 1 saturated heterocycles. The van der Waals surface area contributed by atoms with Crippen molar-refractivity contribution in [3.63, 3.8) is 0 Å². The second-order valence-electron chi connectivity index (χ2n) is 7.89. The highest BCUT2D eigenvalue weighted by atomic mass is 32.2. The summed E-state index contributed by atoms with van der Waals surface area (Å²) in [6.45, 7) is 11.5. The Morgan fingerprint density at radius 1 is 1.17 bits per heavy atom. The molecule has 0 radical (unpaired) electrons. The van der Waals surface area contributed by atoms with Crippen molar-refractivity contribution in [3.05, 3.63) is 29.3 Å². The normalized spacial score (nSPS) is 19.0. The van der Waals surface area contributed by atoms with Crippen LogP contribution in [0.15, 0.2) is 17.3 Å². The summed E-state index contributed by atoms with van der Waals surface area (Å²) in [5.41, 5.74) is 2.36. The Morgan fingerprint density at radius 2 is 1.80 bits per heavy atom. The molecular weight excluding hydrogens is 404 g/mol. The molecule has 0 spiro atoms. The lowest BCUT2D eigenvalue weighted by Gasteiger charge is -2.31. The molecule has 30 heavy (non-hydrogen) atoms. The van der Waals surface area contributed by atoms with E-state index in [1.54, 1.807) is 17.8 Å². The molecule has 166 valence electrons. The third-order valence-corrected chi connectivity index (χ3v) is 7.70. The van der Waals surface area contributed by atoms with Crippen molar-refractivity contribution < 1.29 is 13.2 Å². The molecule has 0 aliphatic carbocycles. The van der Waals surface area contributed by atoms with Gasteiger partial charge in [0.1, 0.15) is 4.90 Å². The van der Waals surface area contributed by atoms with E-state index in [0.29, 0.717) is 31.6 Å². The van der Waals surface area contributed by atoms with Crippen molar-refractivity contribution in [1.82, 2.24) is 29.2 Å². The first-order valence-electron chi connectivity index (χ1n) is 10.6. The Labute approximate surface area is 178 Å². The van der Waals surface area contributed by atoms with E-state index in [1.165, 1.54) is 4.31 Å². The Hall–Kier alpha value is -2.20. The van der Waals surface area contributed by atoms with E-state index < -0.39 is 10.0 Å². The number of carbonyl (C=O) groups is 1. The highest BCUT2D eigenvalue weighted by Gasteiger charge is 2.35. The predicted octanol–water partition coefficient (Wildman–Crippen LogP) is 2.01. The van der Waals surface area contributed by atoms with E-state index in [4.69, 9.17) is 0 Å². The van der Waals surface area contributed by atoms with E-state index in [9.17, 15) is 13.2 Å². The number of sulfonamides is 1. The van der Waals surface area contributed by atoms with Crippen LogP contribution in [-0.4, -0.2) is 51.3 Å². The second kappa shape index (κ2) is 8.89. The van der Waals surface area contributed by atoms with Gasteiger partial charge in [-0.1, -0.05) is 0 Å². The molecule has 0 unspecified atom stereocenters. The number of aryl methyl sites for hydroxylation is 4. The first kappa shape index (κ1) is 22.5. The zero-order chi connectivity index (χ0) is 22.1. The van der Waals surface area contributed by atoms with Crippen LogP contribution in [-0.2, 0) is 27.9 Å². The number of carbonyl (C=O) groups excluding carboxylic acids is 1. The molecule has 0 aromatic carbocycles. The molecule has 1 aliphatic rings. The molecular formula is C20H32N6O3S. The molecule has 1 aliphatic heterocycles. The lowest BCUT2D eigenvalue weighted by molar-refractivity contribution is -0.126. The van der Waals surface area contributed by atoms with Gasteiger partial charge < -0.3 is 5.32 Å². The summed E-state index contributed by atoms with van der Waals surface area (Å²) in [6.07, 6.45) is 4.85. The fourth-order valence-electron chi connectivity index (χ4n) is 3.96. The Morgan fingerprint density at radius 3 is 2.40 bits per heavy atom. The standard InChI is InChI=1S/C20H32N6O3S/c1-6-24-12-18(15(4)22-24)14(3)21-20(27)17-9-8-10-26(11-17)30(28,29)19-13-25(7-2)23-16(19)5/h12-14,17H,6-11H2,1-5H3,(H,21,27)/t14-,17-/m1/s1. The fourth-order valence-corrected chi connectivity index (χ4v) is 5.65. The molecule has 0 saturated carbocycles. The maximum Gasteiger partial charge on any atom is 0.246 e. The average molecular weight is 437 g/mol. The highest BCUT2D eigenvalue weighted by Crippen LogP contribution is 2.26. The van der Waals surface area contributed by atoms with Crippen LogP contribution in [0.4, 0.5) is 0 Å². The monoisotopic (exact) mass is 436 g/mol. The average Bonchev–Trinajstić information content (AvgIpc) is 3.30. The van der Waals surface area contributed by atoms with Crippen LogP contribution < -0.4 is 5.32 Å².